The number of ether oxygens (including phenoxy) is 2. The molecule has 0 aromatic heterocycles. The van der Waals surface area contributed by atoms with Crippen molar-refractivity contribution in [3.8, 4) is 11.5 Å². The summed E-state index contributed by atoms with van der Waals surface area (Å²) in [7, 11) is 1.70. The van der Waals surface area contributed by atoms with Crippen molar-refractivity contribution in [1.29, 1.82) is 5.41 Å². The highest BCUT2D eigenvalue weighted by Crippen LogP contribution is 2.25. The smallest absolute Gasteiger partial charge is 0.257 e. The lowest BCUT2D eigenvalue weighted by Gasteiger charge is -2.15. The molecule has 148 valence electrons. The minimum atomic E-state index is -0.461. The number of aliphatic hydroxyl groups is 1. The molecule has 28 heavy (non-hydrogen) atoms. The van der Waals surface area contributed by atoms with Gasteiger partial charge in [-0.05, 0) is 36.9 Å². The van der Waals surface area contributed by atoms with Crippen molar-refractivity contribution >= 4 is 11.7 Å². The fourth-order valence-electron chi connectivity index (χ4n) is 2.27. The Morgan fingerprint density at radius 3 is 2.61 bits per heavy atom. The van der Waals surface area contributed by atoms with Crippen LogP contribution >= 0.6 is 0 Å². The zero-order chi connectivity index (χ0) is 20.4. The average molecular weight is 383 g/mol. The maximum Gasteiger partial charge on any atom is 0.257 e. The Kier molecular flexibility index (Phi) is 8.05. The van der Waals surface area contributed by atoms with Crippen molar-refractivity contribution < 1.29 is 19.4 Å². The van der Waals surface area contributed by atoms with Crippen molar-refractivity contribution in [3.63, 3.8) is 0 Å². The van der Waals surface area contributed by atoms with Crippen molar-refractivity contribution in [3.05, 3.63) is 71.9 Å². The average Bonchev–Trinajstić information content (AvgIpc) is 2.71. The minimum absolute atomic E-state index is 0.0545. The maximum absolute atomic E-state index is 12.5. The zero-order valence-corrected chi connectivity index (χ0v) is 15.9. The molecule has 2 rings (SSSR count). The van der Waals surface area contributed by atoms with Gasteiger partial charge in [0.2, 0.25) is 0 Å². The fourth-order valence-corrected chi connectivity index (χ4v) is 2.27. The van der Waals surface area contributed by atoms with Crippen LogP contribution in [0.2, 0.25) is 0 Å². The van der Waals surface area contributed by atoms with Gasteiger partial charge in [-0.1, -0.05) is 30.3 Å². The molecule has 1 atom stereocenters. The second-order valence-corrected chi connectivity index (χ2v) is 6.07. The lowest BCUT2D eigenvalue weighted by atomic mass is 10.1. The molecule has 7 nitrogen and oxygen atoms in total. The number of hydrogen-bond acceptors (Lipinski definition) is 6. The Morgan fingerprint density at radius 2 is 1.93 bits per heavy atom. The van der Waals surface area contributed by atoms with E-state index in [1.807, 2.05) is 30.3 Å². The highest BCUT2D eigenvalue weighted by Gasteiger charge is 2.13. The second-order valence-electron chi connectivity index (χ2n) is 6.07. The van der Waals surface area contributed by atoms with Gasteiger partial charge >= 0.3 is 0 Å². The summed E-state index contributed by atoms with van der Waals surface area (Å²) in [6, 6.07) is 14.4. The summed E-state index contributed by atoms with van der Waals surface area (Å²) in [6.07, 6.45) is 2.54. The third kappa shape index (κ3) is 6.77. The first-order valence-electron chi connectivity index (χ1n) is 8.85. The third-order valence-corrected chi connectivity index (χ3v) is 3.65. The lowest BCUT2D eigenvalue weighted by molar-refractivity contribution is 0.0974. The quantitative estimate of drug-likeness (QED) is 0.393. The van der Waals surface area contributed by atoms with Gasteiger partial charge in [-0.2, -0.15) is 0 Å². The Morgan fingerprint density at radius 1 is 1.21 bits per heavy atom. The molecular formula is C21H25N3O4. The van der Waals surface area contributed by atoms with Crippen LogP contribution in [0.4, 0.5) is 0 Å². The van der Waals surface area contributed by atoms with Gasteiger partial charge in [-0.3, -0.25) is 10.2 Å². The van der Waals surface area contributed by atoms with Gasteiger partial charge in [0.25, 0.3) is 5.91 Å². The summed E-state index contributed by atoms with van der Waals surface area (Å²) in [4.78, 5) is 12.5. The first kappa shape index (κ1) is 21.0. The van der Waals surface area contributed by atoms with Crippen LogP contribution in [-0.2, 0) is 6.61 Å². The second kappa shape index (κ2) is 10.7. The van der Waals surface area contributed by atoms with E-state index in [2.05, 4.69) is 10.6 Å². The van der Waals surface area contributed by atoms with E-state index in [9.17, 15) is 9.90 Å². The predicted molar refractivity (Wildman–Crippen MR) is 108 cm³/mol. The summed E-state index contributed by atoms with van der Waals surface area (Å²) in [5.74, 6) is 0.335. The van der Waals surface area contributed by atoms with Crippen LogP contribution < -0.4 is 20.1 Å². The molecule has 2 aromatic carbocycles. The van der Waals surface area contributed by atoms with Crippen LogP contribution in [0.3, 0.4) is 0 Å². The molecule has 0 aliphatic carbocycles. The number of carbonyl (C=O) groups is 1. The number of amidine groups is 1. The molecule has 4 N–H and O–H groups in total. The molecule has 0 bridgehead atoms. The Balaban J connectivity index is 2.19. The van der Waals surface area contributed by atoms with Crippen LogP contribution in [0.1, 0.15) is 22.8 Å². The zero-order valence-electron chi connectivity index (χ0n) is 15.9. The van der Waals surface area contributed by atoms with Crippen molar-refractivity contribution in [2.24, 2.45) is 0 Å². The monoisotopic (exact) mass is 383 g/mol. The van der Waals surface area contributed by atoms with Crippen molar-refractivity contribution in [2.75, 3.05) is 13.7 Å². The molecule has 0 aliphatic heterocycles. The number of hydrogen-bond donors (Lipinski definition) is 4. The van der Waals surface area contributed by atoms with Crippen LogP contribution in [0.25, 0.3) is 0 Å². The molecule has 0 heterocycles. The summed E-state index contributed by atoms with van der Waals surface area (Å²) in [5, 5.41) is 22.2. The predicted octanol–water partition coefficient (Wildman–Crippen LogP) is 2.47. The number of aliphatic hydroxyl groups excluding tert-OH is 1. The fraction of sp³-hybridized carbons (Fsp3) is 0.238. The van der Waals surface area contributed by atoms with Gasteiger partial charge in [0.15, 0.2) is 0 Å². The van der Waals surface area contributed by atoms with E-state index in [0.29, 0.717) is 18.1 Å². The molecule has 0 saturated heterocycles. The van der Waals surface area contributed by atoms with E-state index in [1.54, 1.807) is 38.4 Å². The molecule has 7 heteroatoms. The molecular weight excluding hydrogens is 358 g/mol. The van der Waals surface area contributed by atoms with Gasteiger partial charge in [0.1, 0.15) is 30.0 Å². The Labute approximate surface area is 164 Å². The van der Waals surface area contributed by atoms with Gasteiger partial charge in [-0.25, -0.2) is 0 Å². The molecule has 0 spiro atoms. The van der Waals surface area contributed by atoms with E-state index >= 15 is 0 Å². The summed E-state index contributed by atoms with van der Waals surface area (Å²) >= 11 is 0. The third-order valence-electron chi connectivity index (χ3n) is 3.65. The Hall–Kier alpha value is -3.32. The highest BCUT2D eigenvalue weighted by atomic mass is 16.5. The first-order chi connectivity index (χ1) is 13.5. The standard InChI is InChI=1S/C21H25N3O4/c1-15(13-25)28-19-11-17(21(26)24-20(22)8-9-23-2)10-18(12-19)27-14-16-6-4-3-5-7-16/h3-12,15,23,25H,13-14H2,1-2H3,(H2,22,24,26)/b9-8-/t15-/m0/s1. The molecule has 0 unspecified atom stereocenters. The van der Waals surface area contributed by atoms with E-state index < -0.39 is 12.0 Å². The Bertz CT molecular complexity index is 822. The molecule has 0 aliphatic rings. The largest absolute Gasteiger partial charge is 0.489 e. The minimum Gasteiger partial charge on any atom is -0.489 e. The summed E-state index contributed by atoms with van der Waals surface area (Å²) in [5.41, 5.74) is 1.27. The van der Waals surface area contributed by atoms with Gasteiger partial charge in [0.05, 0.1) is 6.61 Å². The number of nitrogens with one attached hydrogen (secondary N) is 3. The number of benzene rings is 2. The summed E-state index contributed by atoms with van der Waals surface area (Å²) < 4.78 is 11.4. The summed E-state index contributed by atoms with van der Waals surface area (Å²) in [6.45, 7) is 1.90. The lowest BCUT2D eigenvalue weighted by Crippen LogP contribution is -2.28. The van der Waals surface area contributed by atoms with E-state index in [-0.39, 0.29) is 18.0 Å². The molecule has 2 aromatic rings. The number of carbonyl (C=O) groups excluding carboxylic acids is 1. The van der Waals surface area contributed by atoms with Crippen LogP contribution in [-0.4, -0.2) is 36.6 Å². The highest BCUT2D eigenvalue weighted by molar-refractivity contribution is 6.09. The topological polar surface area (TPSA) is 104 Å². The maximum atomic E-state index is 12.5. The van der Waals surface area contributed by atoms with Crippen LogP contribution in [0.15, 0.2) is 60.8 Å². The van der Waals surface area contributed by atoms with Crippen LogP contribution in [0, 0.1) is 5.41 Å². The first-order valence-corrected chi connectivity index (χ1v) is 8.85. The SMILES string of the molecule is CN/C=C\C(=N)NC(=O)c1cc(OCc2ccccc2)cc(O[C@@H](C)CO)c1. The molecule has 1 amide bonds. The normalized spacial score (nSPS) is 11.7. The van der Waals surface area contributed by atoms with Gasteiger partial charge in [0, 0.05) is 18.7 Å². The molecule has 0 fully saturated rings. The number of amides is 1. The van der Waals surface area contributed by atoms with Crippen molar-refractivity contribution in [1.82, 2.24) is 10.6 Å². The molecule has 0 saturated carbocycles. The van der Waals surface area contributed by atoms with Crippen molar-refractivity contribution in [2.45, 2.75) is 19.6 Å². The van der Waals surface area contributed by atoms with E-state index in [0.717, 1.165) is 5.56 Å². The van der Waals surface area contributed by atoms with Gasteiger partial charge in [-0.15, -0.1) is 0 Å². The van der Waals surface area contributed by atoms with Crippen LogP contribution in [0.5, 0.6) is 11.5 Å². The van der Waals surface area contributed by atoms with Gasteiger partial charge < -0.3 is 25.2 Å². The molecule has 0 radical (unpaired) electrons. The van der Waals surface area contributed by atoms with E-state index in [4.69, 9.17) is 14.9 Å². The number of rotatable bonds is 9. The van der Waals surface area contributed by atoms with E-state index in [1.165, 1.54) is 6.08 Å².